The summed E-state index contributed by atoms with van der Waals surface area (Å²) in [6.45, 7) is 10.1. The van der Waals surface area contributed by atoms with E-state index in [2.05, 4.69) is 40.4 Å². The molecule has 0 saturated carbocycles. The number of hydrogen-bond acceptors (Lipinski definition) is 3. The molecule has 0 aromatic rings. The molecule has 2 rings (SSSR count). The summed E-state index contributed by atoms with van der Waals surface area (Å²) in [6, 6.07) is 0. The van der Waals surface area contributed by atoms with Crippen LogP contribution in [0.2, 0.25) is 0 Å². The normalized spacial score (nSPS) is 21.0. The van der Waals surface area contributed by atoms with Crippen LogP contribution in [0.1, 0.15) is 46.0 Å². The second kappa shape index (κ2) is 9.28. The lowest BCUT2D eigenvalue weighted by molar-refractivity contribution is -0.00833. The van der Waals surface area contributed by atoms with Gasteiger partial charge in [-0.15, -0.1) is 0 Å². The molecule has 23 heavy (non-hydrogen) atoms. The van der Waals surface area contributed by atoms with Gasteiger partial charge in [0, 0.05) is 38.8 Å². The highest BCUT2D eigenvalue weighted by molar-refractivity contribution is 5.79. The number of allylic oxidation sites excluding steroid dienone is 1. The van der Waals surface area contributed by atoms with Crippen molar-refractivity contribution in [3.05, 3.63) is 11.6 Å². The Bertz CT molecular complexity index is 411. The van der Waals surface area contributed by atoms with Crippen molar-refractivity contribution >= 4 is 5.96 Å². The number of nitrogens with zero attached hydrogens (tertiary/aromatic N) is 2. The molecule has 1 aliphatic carbocycles. The van der Waals surface area contributed by atoms with Gasteiger partial charge in [0.2, 0.25) is 0 Å². The highest BCUT2D eigenvalue weighted by Gasteiger charge is 2.28. The average molecular weight is 322 g/mol. The molecule has 0 amide bonds. The fourth-order valence-electron chi connectivity index (χ4n) is 3.27. The molecule has 0 aromatic carbocycles. The van der Waals surface area contributed by atoms with Gasteiger partial charge in [-0.25, -0.2) is 0 Å². The summed E-state index contributed by atoms with van der Waals surface area (Å²) < 4.78 is 5.45. The number of ether oxygens (including phenoxy) is 1. The number of aliphatic imine (C=N–C) groups is 1. The van der Waals surface area contributed by atoms with Crippen molar-refractivity contribution in [3.8, 4) is 0 Å². The highest BCUT2D eigenvalue weighted by atomic mass is 16.5. The van der Waals surface area contributed by atoms with Crippen LogP contribution in [0.15, 0.2) is 16.6 Å². The number of nitrogens with one attached hydrogen (secondary N) is 2. The molecule has 5 nitrogen and oxygen atoms in total. The maximum absolute atomic E-state index is 5.45. The SMILES string of the molecule is CN=C(NCCC1=CCCCC1)NCC(C)(C)N1CCOCC1. The Morgan fingerprint density at radius 2 is 2.04 bits per heavy atom. The summed E-state index contributed by atoms with van der Waals surface area (Å²) in [7, 11) is 1.84. The Kier molecular flexibility index (Phi) is 7.37. The molecule has 1 aliphatic heterocycles. The van der Waals surface area contributed by atoms with E-state index in [1.807, 2.05) is 7.05 Å². The van der Waals surface area contributed by atoms with Crippen molar-refractivity contribution in [2.45, 2.75) is 51.5 Å². The maximum Gasteiger partial charge on any atom is 0.191 e. The van der Waals surface area contributed by atoms with Gasteiger partial charge >= 0.3 is 0 Å². The number of guanidine groups is 1. The van der Waals surface area contributed by atoms with Crippen LogP contribution < -0.4 is 10.6 Å². The van der Waals surface area contributed by atoms with Gasteiger partial charge < -0.3 is 15.4 Å². The molecule has 132 valence electrons. The monoisotopic (exact) mass is 322 g/mol. The molecule has 0 radical (unpaired) electrons. The first kappa shape index (κ1) is 18.3. The third kappa shape index (κ3) is 6.15. The first-order chi connectivity index (χ1) is 11.1. The minimum absolute atomic E-state index is 0.104. The van der Waals surface area contributed by atoms with E-state index in [9.17, 15) is 0 Å². The molecule has 0 unspecified atom stereocenters. The van der Waals surface area contributed by atoms with E-state index in [1.54, 1.807) is 5.57 Å². The van der Waals surface area contributed by atoms with E-state index in [4.69, 9.17) is 4.74 Å². The predicted octanol–water partition coefficient (Wildman–Crippen LogP) is 2.15. The van der Waals surface area contributed by atoms with Crippen molar-refractivity contribution in [3.63, 3.8) is 0 Å². The lowest BCUT2D eigenvalue weighted by Gasteiger charge is -2.41. The first-order valence-corrected chi connectivity index (χ1v) is 9.07. The Morgan fingerprint density at radius 1 is 1.26 bits per heavy atom. The maximum atomic E-state index is 5.45. The Balaban J connectivity index is 1.70. The van der Waals surface area contributed by atoms with Crippen molar-refractivity contribution < 1.29 is 4.74 Å². The van der Waals surface area contributed by atoms with Crippen LogP contribution in [0.3, 0.4) is 0 Å². The van der Waals surface area contributed by atoms with Gasteiger partial charge in [-0.05, 0) is 46.0 Å². The van der Waals surface area contributed by atoms with Crippen molar-refractivity contribution in [2.75, 3.05) is 46.4 Å². The first-order valence-electron chi connectivity index (χ1n) is 9.07. The number of rotatable bonds is 6. The summed E-state index contributed by atoms with van der Waals surface area (Å²) in [6.07, 6.45) is 8.80. The zero-order chi connectivity index (χ0) is 16.5. The van der Waals surface area contributed by atoms with Crippen molar-refractivity contribution in [1.29, 1.82) is 0 Å². The third-order valence-electron chi connectivity index (χ3n) is 4.90. The van der Waals surface area contributed by atoms with Crippen LogP contribution in [0.5, 0.6) is 0 Å². The van der Waals surface area contributed by atoms with E-state index >= 15 is 0 Å². The van der Waals surface area contributed by atoms with Gasteiger partial charge in [0.25, 0.3) is 0 Å². The quantitative estimate of drug-likeness (QED) is 0.447. The van der Waals surface area contributed by atoms with Gasteiger partial charge in [-0.1, -0.05) is 11.6 Å². The molecule has 1 saturated heterocycles. The smallest absolute Gasteiger partial charge is 0.191 e. The average Bonchev–Trinajstić information content (AvgIpc) is 2.59. The van der Waals surface area contributed by atoms with Crippen LogP contribution in [0, 0.1) is 0 Å². The number of morpholine rings is 1. The van der Waals surface area contributed by atoms with E-state index < -0.39 is 0 Å². The second-order valence-corrected chi connectivity index (χ2v) is 7.12. The zero-order valence-corrected chi connectivity index (χ0v) is 15.2. The van der Waals surface area contributed by atoms with Gasteiger partial charge in [0.15, 0.2) is 5.96 Å². The lowest BCUT2D eigenvalue weighted by Crippen LogP contribution is -2.56. The van der Waals surface area contributed by atoms with Gasteiger partial charge in [0.05, 0.1) is 13.2 Å². The minimum Gasteiger partial charge on any atom is -0.379 e. The van der Waals surface area contributed by atoms with E-state index in [0.29, 0.717) is 0 Å². The van der Waals surface area contributed by atoms with Gasteiger partial charge in [-0.3, -0.25) is 9.89 Å². The Labute approximate surface area is 141 Å². The molecule has 2 N–H and O–H groups in total. The summed E-state index contributed by atoms with van der Waals surface area (Å²) in [4.78, 5) is 6.84. The topological polar surface area (TPSA) is 48.9 Å². The van der Waals surface area contributed by atoms with Crippen molar-refractivity contribution in [2.24, 2.45) is 4.99 Å². The third-order valence-corrected chi connectivity index (χ3v) is 4.90. The van der Waals surface area contributed by atoms with E-state index in [0.717, 1.165) is 51.8 Å². The van der Waals surface area contributed by atoms with E-state index in [1.165, 1.54) is 25.7 Å². The van der Waals surface area contributed by atoms with Crippen molar-refractivity contribution in [1.82, 2.24) is 15.5 Å². The zero-order valence-electron chi connectivity index (χ0n) is 15.2. The predicted molar refractivity (Wildman–Crippen MR) is 97.0 cm³/mol. The molecule has 0 bridgehead atoms. The molecule has 5 heteroatoms. The lowest BCUT2D eigenvalue weighted by atomic mass is 9.97. The van der Waals surface area contributed by atoms with Crippen LogP contribution in [-0.2, 0) is 4.74 Å². The molecule has 1 fully saturated rings. The van der Waals surface area contributed by atoms with Crippen LogP contribution in [0.4, 0.5) is 0 Å². The molecular formula is C18H34N4O. The number of hydrogen-bond donors (Lipinski definition) is 2. The standard InChI is InChI=1S/C18H34N4O/c1-18(2,22-11-13-23-14-12-22)15-21-17(19-3)20-10-9-16-7-5-4-6-8-16/h7H,4-6,8-15H2,1-3H3,(H2,19,20,21). The minimum atomic E-state index is 0.104. The molecule has 2 aliphatic rings. The van der Waals surface area contributed by atoms with Crippen LogP contribution >= 0.6 is 0 Å². The summed E-state index contributed by atoms with van der Waals surface area (Å²) in [5, 5.41) is 6.93. The Morgan fingerprint density at radius 3 is 2.70 bits per heavy atom. The molecular weight excluding hydrogens is 288 g/mol. The Hall–Kier alpha value is -1.07. The molecule has 0 atom stereocenters. The van der Waals surface area contributed by atoms with Crippen LogP contribution in [-0.4, -0.2) is 62.8 Å². The van der Waals surface area contributed by atoms with Gasteiger partial charge in [0.1, 0.15) is 0 Å². The summed E-state index contributed by atoms with van der Waals surface area (Å²) >= 11 is 0. The van der Waals surface area contributed by atoms with Gasteiger partial charge in [-0.2, -0.15) is 0 Å². The molecule has 0 spiro atoms. The highest BCUT2D eigenvalue weighted by Crippen LogP contribution is 2.19. The van der Waals surface area contributed by atoms with Crippen LogP contribution in [0.25, 0.3) is 0 Å². The fraction of sp³-hybridized carbons (Fsp3) is 0.833. The largest absolute Gasteiger partial charge is 0.379 e. The molecule has 0 aromatic heterocycles. The molecule has 1 heterocycles. The van der Waals surface area contributed by atoms with E-state index in [-0.39, 0.29) is 5.54 Å². The fourth-order valence-corrected chi connectivity index (χ4v) is 3.27. The summed E-state index contributed by atoms with van der Waals surface area (Å²) in [5.41, 5.74) is 1.71. The second-order valence-electron chi connectivity index (χ2n) is 7.12. The summed E-state index contributed by atoms with van der Waals surface area (Å²) in [5.74, 6) is 0.905.